The number of benzene rings is 1. The summed E-state index contributed by atoms with van der Waals surface area (Å²) >= 11 is 3.42. The normalized spacial score (nSPS) is 9.40. The van der Waals surface area contributed by atoms with E-state index >= 15 is 0 Å². The van der Waals surface area contributed by atoms with Crippen LogP contribution in [-0.2, 0) is 25.4 Å². The van der Waals surface area contributed by atoms with E-state index < -0.39 is 0 Å². The third-order valence-corrected chi connectivity index (χ3v) is 2.72. The van der Waals surface area contributed by atoms with E-state index in [4.69, 9.17) is 0 Å². The van der Waals surface area contributed by atoms with Gasteiger partial charge in [-0.15, -0.1) is 0 Å². The molecule has 2 aromatic rings. The van der Waals surface area contributed by atoms with Gasteiger partial charge in [-0.1, -0.05) is 46.3 Å². The fraction of sp³-hybridized carbons (Fsp3) is 0.0833. The third-order valence-electron chi connectivity index (χ3n) is 2.07. The number of pyridine rings is 1. The minimum atomic E-state index is 0. The first-order valence-electron chi connectivity index (χ1n) is 4.46. The van der Waals surface area contributed by atoms with Crippen LogP contribution in [-0.4, -0.2) is 4.98 Å². The molecule has 0 saturated heterocycles. The van der Waals surface area contributed by atoms with Gasteiger partial charge >= 0.3 is 0 Å². The number of aromatic nitrogens is 1. The summed E-state index contributed by atoms with van der Waals surface area (Å²) < 4.78 is 0. The van der Waals surface area contributed by atoms with Crippen molar-refractivity contribution in [2.24, 2.45) is 0 Å². The Morgan fingerprint density at radius 3 is 2.27 bits per heavy atom. The predicted molar refractivity (Wildman–Crippen MR) is 62.3 cm³/mol. The zero-order valence-electron chi connectivity index (χ0n) is 7.98. The van der Waals surface area contributed by atoms with Gasteiger partial charge in [0.1, 0.15) is 0 Å². The molecule has 3 heteroatoms. The van der Waals surface area contributed by atoms with E-state index in [0.717, 1.165) is 16.6 Å². The largest absolute Gasteiger partial charge is 0.256 e. The molecular weight excluding hydrogens is 430 g/mol. The number of hydrogen-bond donors (Lipinski definition) is 0. The molecule has 1 nitrogen and oxygen atoms in total. The molecule has 2 rings (SSSR count). The molecule has 1 aromatic heterocycles. The Kier molecular flexibility index (Phi) is 5.16. The van der Waals surface area contributed by atoms with E-state index in [2.05, 4.69) is 45.2 Å². The van der Waals surface area contributed by atoms with Crippen LogP contribution in [0.1, 0.15) is 5.56 Å². The maximum absolute atomic E-state index is 4.29. The minimum absolute atomic E-state index is 0. The molecular formula is C12H10BrIrN. The van der Waals surface area contributed by atoms with Gasteiger partial charge in [0, 0.05) is 37.2 Å². The number of nitrogens with zero attached hydrogens (tertiary/aromatic N) is 1. The van der Waals surface area contributed by atoms with Crippen LogP contribution in [0.4, 0.5) is 0 Å². The predicted octanol–water partition coefficient (Wildman–Crippen LogP) is 3.64. The summed E-state index contributed by atoms with van der Waals surface area (Å²) in [5.41, 5.74) is 3.47. The zero-order chi connectivity index (χ0) is 9.80. The summed E-state index contributed by atoms with van der Waals surface area (Å²) in [5, 5.41) is 0.898. The maximum atomic E-state index is 4.29. The molecule has 1 heterocycles. The summed E-state index contributed by atoms with van der Waals surface area (Å²) in [6, 6.07) is 14.4. The van der Waals surface area contributed by atoms with Crippen LogP contribution >= 0.6 is 15.9 Å². The Balaban J connectivity index is 0.00000112. The standard InChI is InChI=1S/C12H10BrN.Ir/c13-9-10-4-6-11(7-5-10)12-3-1-2-8-14-12;/h1-8H,9H2;. The summed E-state index contributed by atoms with van der Waals surface area (Å²) in [7, 11) is 0. The van der Waals surface area contributed by atoms with Crippen molar-refractivity contribution < 1.29 is 20.1 Å². The fourth-order valence-electron chi connectivity index (χ4n) is 1.30. The molecule has 0 aliphatic rings. The SMILES string of the molecule is BrCc1ccc(-c2ccccn2)cc1.[Ir]. The molecule has 0 aliphatic heterocycles. The van der Waals surface area contributed by atoms with E-state index in [1.165, 1.54) is 5.56 Å². The van der Waals surface area contributed by atoms with Crippen molar-refractivity contribution in [1.29, 1.82) is 0 Å². The monoisotopic (exact) mass is 440 g/mol. The van der Waals surface area contributed by atoms with Crippen LogP contribution < -0.4 is 0 Å². The van der Waals surface area contributed by atoms with Gasteiger partial charge in [-0.25, -0.2) is 0 Å². The van der Waals surface area contributed by atoms with E-state index in [1.807, 2.05) is 24.4 Å². The van der Waals surface area contributed by atoms with Crippen LogP contribution in [0, 0.1) is 0 Å². The van der Waals surface area contributed by atoms with Crippen molar-refractivity contribution in [3.05, 3.63) is 54.2 Å². The zero-order valence-corrected chi connectivity index (χ0v) is 12.0. The first-order chi connectivity index (χ1) is 6.90. The summed E-state index contributed by atoms with van der Waals surface area (Å²) in [6.07, 6.45) is 1.81. The second-order valence-electron chi connectivity index (χ2n) is 3.05. The first kappa shape index (κ1) is 12.6. The van der Waals surface area contributed by atoms with Crippen LogP contribution in [0.25, 0.3) is 11.3 Å². The molecule has 0 N–H and O–H groups in total. The second-order valence-corrected chi connectivity index (χ2v) is 3.61. The van der Waals surface area contributed by atoms with Gasteiger partial charge in [0.15, 0.2) is 0 Å². The Morgan fingerprint density at radius 1 is 1.00 bits per heavy atom. The quantitative estimate of drug-likeness (QED) is 0.650. The van der Waals surface area contributed by atoms with Crippen molar-refractivity contribution in [2.75, 3.05) is 0 Å². The van der Waals surface area contributed by atoms with E-state index in [1.54, 1.807) is 0 Å². The summed E-state index contributed by atoms with van der Waals surface area (Å²) in [6.45, 7) is 0. The molecule has 0 saturated carbocycles. The number of alkyl halides is 1. The molecule has 0 fully saturated rings. The van der Waals surface area contributed by atoms with Gasteiger partial charge in [-0.05, 0) is 17.7 Å². The molecule has 15 heavy (non-hydrogen) atoms. The minimum Gasteiger partial charge on any atom is -0.256 e. The molecule has 0 aliphatic carbocycles. The van der Waals surface area contributed by atoms with Crippen LogP contribution in [0.15, 0.2) is 48.7 Å². The van der Waals surface area contributed by atoms with Gasteiger partial charge in [0.2, 0.25) is 0 Å². The third kappa shape index (κ3) is 3.23. The number of hydrogen-bond acceptors (Lipinski definition) is 1. The Morgan fingerprint density at radius 2 is 1.73 bits per heavy atom. The Hall–Kier alpha value is -0.501. The van der Waals surface area contributed by atoms with E-state index in [-0.39, 0.29) is 20.1 Å². The van der Waals surface area contributed by atoms with Crippen molar-refractivity contribution in [3.63, 3.8) is 0 Å². The maximum Gasteiger partial charge on any atom is 0.0701 e. The van der Waals surface area contributed by atoms with E-state index in [0.29, 0.717) is 0 Å². The number of halogens is 1. The second kappa shape index (κ2) is 6.16. The van der Waals surface area contributed by atoms with Crippen molar-refractivity contribution in [1.82, 2.24) is 4.98 Å². The van der Waals surface area contributed by atoms with E-state index in [9.17, 15) is 0 Å². The summed E-state index contributed by atoms with van der Waals surface area (Å²) in [5.74, 6) is 0. The van der Waals surface area contributed by atoms with Crippen molar-refractivity contribution >= 4 is 15.9 Å². The smallest absolute Gasteiger partial charge is 0.0701 e. The van der Waals surface area contributed by atoms with Gasteiger partial charge in [0.25, 0.3) is 0 Å². The fourth-order valence-corrected chi connectivity index (χ4v) is 1.67. The average molecular weight is 440 g/mol. The molecule has 0 amide bonds. The molecule has 0 atom stereocenters. The Labute approximate surface area is 111 Å². The van der Waals surface area contributed by atoms with Gasteiger partial charge < -0.3 is 0 Å². The average Bonchev–Trinajstić information content (AvgIpc) is 2.30. The molecule has 1 radical (unpaired) electrons. The molecule has 0 bridgehead atoms. The van der Waals surface area contributed by atoms with Crippen LogP contribution in [0.3, 0.4) is 0 Å². The first-order valence-corrected chi connectivity index (χ1v) is 5.58. The van der Waals surface area contributed by atoms with Gasteiger partial charge in [-0.3, -0.25) is 4.98 Å². The molecule has 0 unspecified atom stereocenters. The molecule has 79 valence electrons. The van der Waals surface area contributed by atoms with Crippen LogP contribution in [0.2, 0.25) is 0 Å². The van der Waals surface area contributed by atoms with Gasteiger partial charge in [0.05, 0.1) is 5.69 Å². The van der Waals surface area contributed by atoms with Crippen molar-refractivity contribution in [2.45, 2.75) is 5.33 Å². The van der Waals surface area contributed by atoms with Crippen molar-refractivity contribution in [3.8, 4) is 11.3 Å². The topological polar surface area (TPSA) is 12.9 Å². The summed E-state index contributed by atoms with van der Waals surface area (Å²) in [4.78, 5) is 4.29. The Bertz CT molecular complexity index is 400. The number of rotatable bonds is 2. The van der Waals surface area contributed by atoms with Gasteiger partial charge in [-0.2, -0.15) is 0 Å². The van der Waals surface area contributed by atoms with Crippen LogP contribution in [0.5, 0.6) is 0 Å². The molecule has 0 spiro atoms. The molecule has 1 aromatic carbocycles.